The van der Waals surface area contributed by atoms with E-state index in [1.165, 1.54) is 6.08 Å². The molecule has 1 saturated carbocycles. The quantitative estimate of drug-likeness (QED) is 0.399. The standard InChI is InChI=1S/C25H22N8O3/c1-2-22(34)33-13-14-10-16(20(33)11-14)25-30-23(32-36-25)15-6-7-21(26-12-15)29-24(35)19-5-3-4-17(28-19)18-8-9-27-31-18/h2-9,12,14,16,20H,1,10-11,13H2,(H,27,31)(H,26,29,35)/t14?,16-,20?/m0/s1. The number of nitrogens with one attached hydrogen (secondary N) is 2. The monoisotopic (exact) mass is 482 g/mol. The highest BCUT2D eigenvalue weighted by molar-refractivity contribution is 6.02. The molecule has 4 aromatic rings. The van der Waals surface area contributed by atoms with Crippen molar-refractivity contribution in [1.82, 2.24) is 35.2 Å². The Bertz CT molecular complexity index is 1430. The predicted octanol–water partition coefficient (Wildman–Crippen LogP) is 3.06. The molecule has 36 heavy (non-hydrogen) atoms. The van der Waals surface area contributed by atoms with E-state index in [9.17, 15) is 9.59 Å². The molecule has 0 spiro atoms. The van der Waals surface area contributed by atoms with E-state index in [0.29, 0.717) is 34.7 Å². The first-order valence-electron chi connectivity index (χ1n) is 11.6. The average molecular weight is 483 g/mol. The third kappa shape index (κ3) is 3.94. The number of piperidine rings is 1. The van der Waals surface area contributed by atoms with E-state index in [0.717, 1.165) is 25.1 Å². The number of nitrogens with zero attached hydrogens (tertiary/aromatic N) is 6. The summed E-state index contributed by atoms with van der Waals surface area (Å²) in [7, 11) is 0. The van der Waals surface area contributed by atoms with Crippen LogP contribution in [0.2, 0.25) is 0 Å². The summed E-state index contributed by atoms with van der Waals surface area (Å²) in [6, 6.07) is 10.5. The number of hydrogen-bond acceptors (Lipinski definition) is 8. The van der Waals surface area contributed by atoms with Gasteiger partial charge in [0.1, 0.15) is 11.5 Å². The largest absolute Gasteiger partial charge is 0.339 e. The molecule has 180 valence electrons. The van der Waals surface area contributed by atoms with Crippen LogP contribution in [0.4, 0.5) is 5.82 Å². The molecule has 11 nitrogen and oxygen atoms in total. The van der Waals surface area contributed by atoms with Crippen LogP contribution in [0.15, 0.2) is 66.0 Å². The molecule has 4 aromatic heterocycles. The lowest BCUT2D eigenvalue weighted by atomic mass is 9.98. The molecule has 2 amide bonds. The van der Waals surface area contributed by atoms with Crippen LogP contribution < -0.4 is 5.32 Å². The van der Waals surface area contributed by atoms with Gasteiger partial charge in [0, 0.05) is 30.5 Å². The number of fused-ring (bicyclic) bond motifs is 2. The SMILES string of the molecule is C=CC(=O)N1CC2CC1[C@@H](c1nc(-c3ccc(NC(=O)c4cccc(-c5ccn[nH]5)n4)nc3)no1)C2. The lowest BCUT2D eigenvalue weighted by Gasteiger charge is -2.30. The second-order valence-corrected chi connectivity index (χ2v) is 8.93. The Balaban J connectivity index is 1.14. The van der Waals surface area contributed by atoms with Crippen molar-refractivity contribution in [2.75, 3.05) is 11.9 Å². The van der Waals surface area contributed by atoms with Crippen molar-refractivity contribution >= 4 is 17.6 Å². The van der Waals surface area contributed by atoms with Crippen molar-refractivity contribution in [2.45, 2.75) is 24.8 Å². The van der Waals surface area contributed by atoms with Crippen LogP contribution in [0, 0.1) is 5.92 Å². The maximum absolute atomic E-state index is 12.7. The molecule has 2 N–H and O–H groups in total. The minimum atomic E-state index is -0.381. The molecule has 5 heterocycles. The maximum Gasteiger partial charge on any atom is 0.275 e. The number of hydrogen-bond donors (Lipinski definition) is 2. The van der Waals surface area contributed by atoms with E-state index in [2.05, 4.69) is 42.2 Å². The van der Waals surface area contributed by atoms with E-state index in [1.54, 1.807) is 48.8 Å². The van der Waals surface area contributed by atoms with E-state index in [-0.39, 0.29) is 29.5 Å². The van der Waals surface area contributed by atoms with Gasteiger partial charge in [0.05, 0.1) is 17.3 Å². The lowest BCUT2D eigenvalue weighted by Crippen LogP contribution is -2.40. The number of carbonyl (C=O) groups excluding carboxylic acids is 2. The Labute approximate surface area is 205 Å². The van der Waals surface area contributed by atoms with Gasteiger partial charge in [-0.3, -0.25) is 14.7 Å². The summed E-state index contributed by atoms with van der Waals surface area (Å²) in [4.78, 5) is 40.0. The van der Waals surface area contributed by atoms with E-state index in [4.69, 9.17) is 4.52 Å². The summed E-state index contributed by atoms with van der Waals surface area (Å²) in [6.07, 6.45) is 6.42. The number of pyridine rings is 2. The predicted molar refractivity (Wildman–Crippen MR) is 128 cm³/mol. The van der Waals surface area contributed by atoms with Gasteiger partial charge in [-0.25, -0.2) is 9.97 Å². The van der Waals surface area contributed by atoms with E-state index in [1.807, 2.05) is 4.90 Å². The van der Waals surface area contributed by atoms with Crippen LogP contribution in [-0.2, 0) is 4.79 Å². The smallest absolute Gasteiger partial charge is 0.275 e. The summed E-state index contributed by atoms with van der Waals surface area (Å²) in [5, 5.41) is 13.6. The first-order valence-corrected chi connectivity index (χ1v) is 11.6. The third-order valence-corrected chi connectivity index (χ3v) is 6.72. The topological polar surface area (TPSA) is 143 Å². The molecule has 1 aliphatic heterocycles. The number of carbonyl (C=O) groups is 2. The zero-order chi connectivity index (χ0) is 24.6. The van der Waals surface area contributed by atoms with Gasteiger partial charge in [-0.2, -0.15) is 10.1 Å². The minimum Gasteiger partial charge on any atom is -0.339 e. The molecule has 11 heteroatoms. The Morgan fingerprint density at radius 1 is 1.17 bits per heavy atom. The number of likely N-dealkylation sites (tertiary alicyclic amines) is 1. The molecular formula is C25H22N8O3. The first kappa shape index (κ1) is 21.8. The highest BCUT2D eigenvalue weighted by Gasteiger charge is 2.49. The van der Waals surface area contributed by atoms with Crippen LogP contribution in [0.25, 0.3) is 22.8 Å². The van der Waals surface area contributed by atoms with Crippen molar-refractivity contribution in [2.24, 2.45) is 5.92 Å². The fraction of sp³-hybridized carbons (Fsp3) is 0.240. The average Bonchev–Trinajstić information content (AvgIpc) is 3.73. The van der Waals surface area contributed by atoms with Gasteiger partial charge in [-0.15, -0.1) is 0 Å². The summed E-state index contributed by atoms with van der Waals surface area (Å²) >= 11 is 0. The van der Waals surface area contributed by atoms with Gasteiger partial charge in [-0.1, -0.05) is 17.8 Å². The maximum atomic E-state index is 12.7. The Kier molecular flexibility index (Phi) is 5.36. The molecule has 2 aliphatic rings. The van der Waals surface area contributed by atoms with Gasteiger partial charge in [0.15, 0.2) is 0 Å². The van der Waals surface area contributed by atoms with Crippen molar-refractivity contribution in [3.05, 3.63) is 73.0 Å². The second-order valence-electron chi connectivity index (χ2n) is 8.93. The van der Waals surface area contributed by atoms with Gasteiger partial charge in [0.2, 0.25) is 17.6 Å². The molecule has 0 radical (unpaired) electrons. The normalized spacial score (nSPS) is 20.4. The zero-order valence-corrected chi connectivity index (χ0v) is 19.2. The van der Waals surface area contributed by atoms with Gasteiger partial charge >= 0.3 is 0 Å². The second kappa shape index (κ2) is 8.84. The number of aromatic amines is 1. The van der Waals surface area contributed by atoms with E-state index < -0.39 is 0 Å². The summed E-state index contributed by atoms with van der Waals surface area (Å²) in [5.41, 5.74) is 2.25. The number of rotatable bonds is 6. The zero-order valence-electron chi connectivity index (χ0n) is 19.2. The molecular weight excluding hydrogens is 460 g/mol. The number of H-pyrrole nitrogens is 1. The Morgan fingerprint density at radius 2 is 2.08 bits per heavy atom. The fourth-order valence-corrected chi connectivity index (χ4v) is 5.05. The molecule has 6 rings (SSSR count). The van der Waals surface area contributed by atoms with Crippen LogP contribution in [0.1, 0.15) is 35.1 Å². The van der Waals surface area contributed by atoms with Crippen LogP contribution in [0.5, 0.6) is 0 Å². The lowest BCUT2D eigenvalue weighted by molar-refractivity contribution is -0.128. The molecule has 2 fully saturated rings. The summed E-state index contributed by atoms with van der Waals surface area (Å²) < 4.78 is 5.57. The van der Waals surface area contributed by atoms with Crippen molar-refractivity contribution in [3.8, 4) is 22.8 Å². The Hall–Kier alpha value is -4.67. The van der Waals surface area contributed by atoms with Crippen LogP contribution in [-0.4, -0.2) is 59.6 Å². The number of amides is 2. The Morgan fingerprint density at radius 3 is 2.83 bits per heavy atom. The highest BCUT2D eigenvalue weighted by atomic mass is 16.5. The first-order chi connectivity index (χ1) is 17.6. The number of anilines is 1. The number of aromatic nitrogens is 6. The van der Waals surface area contributed by atoms with Crippen LogP contribution >= 0.6 is 0 Å². The molecule has 1 aliphatic carbocycles. The van der Waals surface area contributed by atoms with Crippen molar-refractivity contribution < 1.29 is 14.1 Å². The van der Waals surface area contributed by atoms with Crippen molar-refractivity contribution in [1.29, 1.82) is 0 Å². The summed E-state index contributed by atoms with van der Waals surface area (Å²) in [5.74, 6) is 1.33. The minimum absolute atomic E-state index is 0.0189. The molecule has 1 saturated heterocycles. The van der Waals surface area contributed by atoms with Crippen LogP contribution in [0.3, 0.4) is 0 Å². The molecule has 2 bridgehead atoms. The molecule has 2 unspecified atom stereocenters. The fourth-order valence-electron chi connectivity index (χ4n) is 5.05. The molecule has 3 atom stereocenters. The van der Waals surface area contributed by atoms with Gasteiger partial charge < -0.3 is 14.7 Å². The third-order valence-electron chi connectivity index (χ3n) is 6.72. The molecule has 0 aromatic carbocycles. The van der Waals surface area contributed by atoms with Gasteiger partial charge in [-0.05, 0) is 55.2 Å². The highest BCUT2D eigenvalue weighted by Crippen LogP contribution is 2.46. The van der Waals surface area contributed by atoms with Crippen molar-refractivity contribution in [3.63, 3.8) is 0 Å². The summed E-state index contributed by atoms with van der Waals surface area (Å²) in [6.45, 7) is 4.36. The van der Waals surface area contributed by atoms with Gasteiger partial charge in [0.25, 0.3) is 5.91 Å². The van der Waals surface area contributed by atoms with E-state index >= 15 is 0 Å².